The van der Waals surface area contributed by atoms with Gasteiger partial charge in [-0.2, -0.15) is 0 Å². The number of piperidine rings is 1. The molecule has 0 N–H and O–H groups in total. The van der Waals surface area contributed by atoms with Crippen molar-refractivity contribution in [2.24, 2.45) is 5.92 Å². The molecule has 1 aromatic heterocycles. The van der Waals surface area contributed by atoms with Crippen LogP contribution in [0.4, 0.5) is 4.39 Å². The fraction of sp³-hybridized carbons (Fsp3) is 0.412. The van der Waals surface area contributed by atoms with Crippen LogP contribution in [0.2, 0.25) is 0 Å². The summed E-state index contributed by atoms with van der Waals surface area (Å²) in [5, 5.41) is 0. The third-order valence-electron chi connectivity index (χ3n) is 4.05. The van der Waals surface area contributed by atoms with Gasteiger partial charge in [0.2, 0.25) is 0 Å². The Balaban J connectivity index is 1.61. The van der Waals surface area contributed by atoms with Gasteiger partial charge < -0.3 is 14.1 Å². The number of benzene rings is 1. The van der Waals surface area contributed by atoms with Gasteiger partial charge in [-0.05, 0) is 69.2 Å². The quantitative estimate of drug-likeness (QED) is 0.856. The molecular weight excluding hydrogens is 269 g/mol. The molecule has 3 rings (SSSR count). The Hall–Kier alpha value is -1.81. The molecule has 3 nitrogen and oxygen atoms in total. The minimum atomic E-state index is -0.336. The van der Waals surface area contributed by atoms with Gasteiger partial charge in [-0.15, -0.1) is 0 Å². The van der Waals surface area contributed by atoms with Crippen LogP contribution in [-0.2, 0) is 0 Å². The van der Waals surface area contributed by atoms with Crippen LogP contribution in [0.15, 0.2) is 41.0 Å². The first-order chi connectivity index (χ1) is 10.2. The van der Waals surface area contributed by atoms with E-state index in [1.165, 1.54) is 6.07 Å². The first kappa shape index (κ1) is 14.1. The lowest BCUT2D eigenvalue weighted by atomic mass is 9.98. The van der Waals surface area contributed by atoms with E-state index in [0.717, 1.165) is 31.5 Å². The predicted molar refractivity (Wildman–Crippen MR) is 79.8 cm³/mol. The van der Waals surface area contributed by atoms with Gasteiger partial charge in [-0.1, -0.05) is 0 Å². The fourth-order valence-corrected chi connectivity index (χ4v) is 2.65. The van der Waals surface area contributed by atoms with E-state index in [-0.39, 0.29) is 5.82 Å². The van der Waals surface area contributed by atoms with Crippen LogP contribution in [0.1, 0.15) is 12.8 Å². The number of hydrogen-bond donors (Lipinski definition) is 0. The van der Waals surface area contributed by atoms with E-state index in [1.54, 1.807) is 18.4 Å². The van der Waals surface area contributed by atoms with E-state index in [9.17, 15) is 4.39 Å². The zero-order chi connectivity index (χ0) is 14.7. The van der Waals surface area contributed by atoms with Crippen LogP contribution in [-0.4, -0.2) is 31.6 Å². The lowest BCUT2D eigenvalue weighted by molar-refractivity contribution is 0.157. The maximum atomic E-state index is 14.1. The van der Waals surface area contributed by atoms with Crippen molar-refractivity contribution in [1.82, 2.24) is 4.90 Å². The molecule has 0 spiro atoms. The van der Waals surface area contributed by atoms with E-state index < -0.39 is 0 Å². The molecule has 2 aromatic rings. The van der Waals surface area contributed by atoms with Crippen molar-refractivity contribution in [3.8, 4) is 17.1 Å². The Labute approximate surface area is 124 Å². The second-order valence-corrected chi connectivity index (χ2v) is 5.68. The number of nitrogens with zero attached hydrogens (tertiary/aromatic N) is 1. The average Bonchev–Trinajstić information content (AvgIpc) is 3.02. The zero-order valence-electron chi connectivity index (χ0n) is 12.2. The standard InChI is InChI=1S/C17H20FNO2/c1-19-8-6-13(7-9-19)12-21-17-5-4-14(11-15(17)18)16-3-2-10-20-16/h2-5,10-11,13H,6-9,12H2,1H3. The minimum Gasteiger partial charge on any atom is -0.490 e. The summed E-state index contributed by atoms with van der Waals surface area (Å²) in [6.07, 6.45) is 3.81. The number of halogens is 1. The van der Waals surface area contributed by atoms with E-state index >= 15 is 0 Å². The summed E-state index contributed by atoms with van der Waals surface area (Å²) in [6.45, 7) is 2.77. The molecule has 0 amide bonds. The van der Waals surface area contributed by atoms with E-state index in [0.29, 0.717) is 24.0 Å². The van der Waals surface area contributed by atoms with Gasteiger partial charge in [0, 0.05) is 5.56 Å². The van der Waals surface area contributed by atoms with Crippen LogP contribution in [0.3, 0.4) is 0 Å². The van der Waals surface area contributed by atoms with Crippen LogP contribution in [0, 0.1) is 11.7 Å². The van der Waals surface area contributed by atoms with Crippen LogP contribution >= 0.6 is 0 Å². The number of ether oxygens (including phenoxy) is 1. The Morgan fingerprint density at radius 3 is 2.76 bits per heavy atom. The first-order valence-corrected chi connectivity index (χ1v) is 7.37. The molecule has 1 aromatic carbocycles. The molecule has 21 heavy (non-hydrogen) atoms. The van der Waals surface area contributed by atoms with Gasteiger partial charge in [-0.25, -0.2) is 4.39 Å². The Bertz CT molecular complexity index is 574. The first-order valence-electron chi connectivity index (χ1n) is 7.37. The summed E-state index contributed by atoms with van der Waals surface area (Å²) in [7, 11) is 2.13. The van der Waals surface area contributed by atoms with Gasteiger partial charge in [0.1, 0.15) is 5.76 Å². The smallest absolute Gasteiger partial charge is 0.165 e. The molecule has 1 aliphatic heterocycles. The maximum Gasteiger partial charge on any atom is 0.165 e. The number of furan rings is 1. The molecule has 2 heterocycles. The molecule has 0 bridgehead atoms. The summed E-state index contributed by atoms with van der Waals surface area (Å²) >= 11 is 0. The van der Waals surface area contributed by atoms with Crippen molar-refractivity contribution < 1.29 is 13.5 Å². The van der Waals surface area contributed by atoms with Gasteiger partial charge in [0.05, 0.1) is 12.9 Å². The normalized spacial score (nSPS) is 17.0. The molecule has 1 saturated heterocycles. The maximum absolute atomic E-state index is 14.1. The van der Waals surface area contributed by atoms with Crippen molar-refractivity contribution in [2.75, 3.05) is 26.7 Å². The molecule has 0 saturated carbocycles. The topological polar surface area (TPSA) is 25.6 Å². The predicted octanol–water partition coefficient (Wildman–Crippen LogP) is 3.81. The molecule has 1 fully saturated rings. The van der Waals surface area contributed by atoms with E-state index in [2.05, 4.69) is 11.9 Å². The highest BCUT2D eigenvalue weighted by Crippen LogP contribution is 2.27. The second-order valence-electron chi connectivity index (χ2n) is 5.68. The van der Waals surface area contributed by atoms with Crippen molar-refractivity contribution in [2.45, 2.75) is 12.8 Å². The average molecular weight is 289 g/mol. The fourth-order valence-electron chi connectivity index (χ4n) is 2.65. The molecular formula is C17H20FNO2. The van der Waals surface area contributed by atoms with Gasteiger partial charge in [0.25, 0.3) is 0 Å². The van der Waals surface area contributed by atoms with Crippen molar-refractivity contribution in [3.63, 3.8) is 0 Å². The highest BCUT2D eigenvalue weighted by Gasteiger charge is 2.18. The summed E-state index contributed by atoms with van der Waals surface area (Å²) in [5.41, 5.74) is 0.726. The second kappa shape index (κ2) is 6.31. The third-order valence-corrected chi connectivity index (χ3v) is 4.05. The lowest BCUT2D eigenvalue weighted by Crippen LogP contribution is -2.32. The minimum absolute atomic E-state index is 0.323. The summed E-state index contributed by atoms with van der Waals surface area (Å²) < 4.78 is 25.0. The van der Waals surface area contributed by atoms with Crippen molar-refractivity contribution >= 4 is 0 Å². The third kappa shape index (κ3) is 3.45. The lowest BCUT2D eigenvalue weighted by Gasteiger charge is -2.28. The number of likely N-dealkylation sites (tertiary alicyclic amines) is 1. The molecule has 112 valence electrons. The Kier molecular flexibility index (Phi) is 4.25. The molecule has 4 heteroatoms. The van der Waals surface area contributed by atoms with Crippen LogP contribution in [0.25, 0.3) is 11.3 Å². The highest BCUT2D eigenvalue weighted by atomic mass is 19.1. The zero-order valence-corrected chi connectivity index (χ0v) is 12.2. The molecule has 0 atom stereocenters. The summed E-state index contributed by atoms with van der Waals surface area (Å²) in [5.74, 6) is 1.17. The van der Waals surface area contributed by atoms with Crippen molar-refractivity contribution in [3.05, 3.63) is 42.4 Å². The van der Waals surface area contributed by atoms with Crippen LogP contribution < -0.4 is 4.74 Å². The van der Waals surface area contributed by atoms with Gasteiger partial charge >= 0.3 is 0 Å². The summed E-state index contributed by atoms with van der Waals surface area (Å²) in [4.78, 5) is 2.31. The molecule has 1 aliphatic rings. The van der Waals surface area contributed by atoms with Gasteiger partial charge in [0.15, 0.2) is 11.6 Å². The molecule has 0 aliphatic carbocycles. The highest BCUT2D eigenvalue weighted by molar-refractivity contribution is 5.58. The largest absolute Gasteiger partial charge is 0.490 e. The van der Waals surface area contributed by atoms with Crippen LogP contribution in [0.5, 0.6) is 5.75 Å². The SMILES string of the molecule is CN1CCC(COc2ccc(-c3ccco3)cc2F)CC1. The van der Waals surface area contributed by atoms with Gasteiger partial charge in [-0.3, -0.25) is 0 Å². The van der Waals surface area contributed by atoms with E-state index in [4.69, 9.17) is 9.15 Å². The molecule has 0 radical (unpaired) electrons. The Morgan fingerprint density at radius 1 is 1.29 bits per heavy atom. The monoisotopic (exact) mass is 289 g/mol. The number of hydrogen-bond acceptors (Lipinski definition) is 3. The Morgan fingerprint density at radius 2 is 2.10 bits per heavy atom. The van der Waals surface area contributed by atoms with Crippen molar-refractivity contribution in [1.29, 1.82) is 0 Å². The van der Waals surface area contributed by atoms with E-state index in [1.807, 2.05) is 12.1 Å². The number of rotatable bonds is 4. The summed E-state index contributed by atoms with van der Waals surface area (Å²) in [6, 6.07) is 8.57. The molecule has 0 unspecified atom stereocenters.